The van der Waals surface area contributed by atoms with Crippen LogP contribution in [0.1, 0.15) is 0 Å². The highest BCUT2D eigenvalue weighted by Crippen LogP contribution is 2.24. The summed E-state index contributed by atoms with van der Waals surface area (Å²) >= 11 is 3.71. The number of halogens is 1. The lowest BCUT2D eigenvalue weighted by Crippen LogP contribution is -2.58. The number of alkyl halides is 1. The molecule has 1 unspecified atom stereocenters. The molecule has 4 heteroatoms. The van der Waals surface area contributed by atoms with Gasteiger partial charge in [0, 0.05) is 26.2 Å². The first kappa shape index (κ1) is 9.24. The minimum Gasteiger partial charge on any atom is -0.361 e. The molecule has 2 aliphatic rings. The van der Waals surface area contributed by atoms with E-state index in [1.54, 1.807) is 0 Å². The van der Waals surface area contributed by atoms with Gasteiger partial charge in [0.25, 0.3) is 0 Å². The SMILES string of the molecule is BrC1(N2CCNCC2)C=CC=CN1. The second-order valence-electron chi connectivity index (χ2n) is 3.27. The number of piperazine rings is 1. The molecule has 13 heavy (non-hydrogen) atoms. The van der Waals surface area contributed by atoms with Gasteiger partial charge in [-0.2, -0.15) is 0 Å². The maximum Gasteiger partial charge on any atom is 0.167 e. The molecular weight excluding hydrogens is 230 g/mol. The van der Waals surface area contributed by atoms with Crippen LogP contribution < -0.4 is 10.6 Å². The molecule has 1 atom stereocenters. The van der Waals surface area contributed by atoms with E-state index in [2.05, 4.69) is 43.6 Å². The van der Waals surface area contributed by atoms with Gasteiger partial charge < -0.3 is 10.6 Å². The van der Waals surface area contributed by atoms with Crippen molar-refractivity contribution in [2.75, 3.05) is 26.2 Å². The fourth-order valence-corrected chi connectivity index (χ4v) is 2.28. The van der Waals surface area contributed by atoms with E-state index in [1.165, 1.54) is 0 Å². The number of nitrogens with one attached hydrogen (secondary N) is 2. The van der Waals surface area contributed by atoms with Gasteiger partial charge in [0.15, 0.2) is 4.57 Å². The lowest BCUT2D eigenvalue weighted by molar-refractivity contribution is 0.168. The summed E-state index contributed by atoms with van der Waals surface area (Å²) in [5, 5.41) is 6.65. The van der Waals surface area contributed by atoms with Crippen LogP contribution in [0.2, 0.25) is 0 Å². The third kappa shape index (κ3) is 1.95. The van der Waals surface area contributed by atoms with Crippen molar-refractivity contribution in [3.8, 4) is 0 Å². The topological polar surface area (TPSA) is 27.3 Å². The quantitative estimate of drug-likeness (QED) is 0.523. The van der Waals surface area contributed by atoms with Crippen molar-refractivity contribution in [1.82, 2.24) is 15.5 Å². The second-order valence-corrected chi connectivity index (χ2v) is 4.48. The Kier molecular flexibility index (Phi) is 2.71. The lowest BCUT2D eigenvalue weighted by Gasteiger charge is -2.41. The Bertz CT molecular complexity index is 233. The molecule has 3 nitrogen and oxygen atoms in total. The van der Waals surface area contributed by atoms with E-state index in [1.807, 2.05) is 12.3 Å². The fourth-order valence-electron chi connectivity index (χ4n) is 1.64. The lowest BCUT2D eigenvalue weighted by atomic mass is 10.2. The van der Waals surface area contributed by atoms with Crippen molar-refractivity contribution in [2.24, 2.45) is 0 Å². The Balaban J connectivity index is 2.04. The molecule has 0 saturated carbocycles. The number of rotatable bonds is 1. The largest absolute Gasteiger partial charge is 0.361 e. The number of dihydropyridines is 1. The van der Waals surface area contributed by atoms with E-state index >= 15 is 0 Å². The van der Waals surface area contributed by atoms with Gasteiger partial charge in [0.1, 0.15) is 0 Å². The molecule has 2 heterocycles. The van der Waals surface area contributed by atoms with Gasteiger partial charge >= 0.3 is 0 Å². The fraction of sp³-hybridized carbons (Fsp3) is 0.556. The molecule has 1 saturated heterocycles. The molecule has 0 aromatic carbocycles. The Labute approximate surface area is 87.0 Å². The van der Waals surface area contributed by atoms with Gasteiger partial charge in [-0.05, 0) is 34.3 Å². The Morgan fingerprint density at radius 2 is 2.00 bits per heavy atom. The van der Waals surface area contributed by atoms with Gasteiger partial charge in [-0.1, -0.05) is 6.08 Å². The van der Waals surface area contributed by atoms with Gasteiger partial charge in [-0.25, -0.2) is 0 Å². The van der Waals surface area contributed by atoms with Crippen molar-refractivity contribution in [2.45, 2.75) is 4.57 Å². The highest BCUT2D eigenvalue weighted by atomic mass is 79.9. The predicted molar refractivity (Wildman–Crippen MR) is 57.5 cm³/mol. The van der Waals surface area contributed by atoms with E-state index in [-0.39, 0.29) is 4.57 Å². The molecule has 1 fully saturated rings. The van der Waals surface area contributed by atoms with Crippen LogP contribution in [0.15, 0.2) is 24.4 Å². The first-order valence-electron chi connectivity index (χ1n) is 4.58. The van der Waals surface area contributed by atoms with Gasteiger partial charge in [0.2, 0.25) is 0 Å². The third-order valence-corrected chi connectivity index (χ3v) is 3.38. The van der Waals surface area contributed by atoms with E-state index in [0.717, 1.165) is 26.2 Å². The minimum atomic E-state index is -0.163. The van der Waals surface area contributed by atoms with E-state index in [4.69, 9.17) is 0 Å². The van der Waals surface area contributed by atoms with Crippen LogP contribution >= 0.6 is 15.9 Å². The molecule has 0 radical (unpaired) electrons. The molecule has 0 bridgehead atoms. The molecule has 0 aromatic rings. The Hall–Kier alpha value is -0.320. The van der Waals surface area contributed by atoms with Gasteiger partial charge in [-0.15, -0.1) is 0 Å². The average Bonchev–Trinajstić information content (AvgIpc) is 2.20. The summed E-state index contributed by atoms with van der Waals surface area (Å²) in [7, 11) is 0. The van der Waals surface area contributed by atoms with Crippen molar-refractivity contribution in [3.63, 3.8) is 0 Å². The maximum atomic E-state index is 3.71. The summed E-state index contributed by atoms with van der Waals surface area (Å²) in [4.78, 5) is 2.38. The van der Waals surface area contributed by atoms with E-state index in [9.17, 15) is 0 Å². The zero-order valence-electron chi connectivity index (χ0n) is 7.46. The number of nitrogens with zero attached hydrogens (tertiary/aromatic N) is 1. The minimum absolute atomic E-state index is 0.163. The first-order chi connectivity index (χ1) is 6.31. The Morgan fingerprint density at radius 1 is 1.23 bits per heavy atom. The molecule has 0 spiro atoms. The summed E-state index contributed by atoms with van der Waals surface area (Å²) in [6, 6.07) is 0. The van der Waals surface area contributed by atoms with Crippen molar-refractivity contribution < 1.29 is 0 Å². The van der Waals surface area contributed by atoms with E-state index in [0.29, 0.717) is 0 Å². The number of hydrogen-bond acceptors (Lipinski definition) is 3. The second kappa shape index (κ2) is 3.82. The molecule has 72 valence electrons. The van der Waals surface area contributed by atoms with Crippen LogP contribution in [0.4, 0.5) is 0 Å². The monoisotopic (exact) mass is 243 g/mol. The van der Waals surface area contributed by atoms with Crippen LogP contribution in [0.25, 0.3) is 0 Å². The summed E-state index contributed by atoms with van der Waals surface area (Å²) in [5.74, 6) is 0. The number of hydrogen-bond donors (Lipinski definition) is 2. The van der Waals surface area contributed by atoms with Crippen LogP contribution in [0, 0.1) is 0 Å². The third-order valence-electron chi connectivity index (χ3n) is 2.39. The molecule has 0 aromatic heterocycles. The molecule has 2 rings (SSSR count). The zero-order valence-corrected chi connectivity index (χ0v) is 9.05. The van der Waals surface area contributed by atoms with Crippen molar-refractivity contribution >= 4 is 15.9 Å². The summed E-state index contributed by atoms with van der Waals surface area (Å²) in [5.41, 5.74) is 0. The first-order valence-corrected chi connectivity index (χ1v) is 5.37. The standard InChI is InChI=1S/C9H14BrN3/c10-9(3-1-2-4-12-9)13-7-5-11-6-8-13/h1-4,11-12H,5-8H2. The number of allylic oxidation sites excluding steroid dienone is 2. The smallest absolute Gasteiger partial charge is 0.167 e. The Morgan fingerprint density at radius 3 is 2.62 bits per heavy atom. The normalized spacial score (nSPS) is 34.5. The zero-order chi connectivity index (χ0) is 9.15. The van der Waals surface area contributed by atoms with Crippen LogP contribution in [-0.2, 0) is 0 Å². The van der Waals surface area contributed by atoms with E-state index < -0.39 is 0 Å². The summed E-state index contributed by atoms with van der Waals surface area (Å²) < 4.78 is -0.163. The summed E-state index contributed by atoms with van der Waals surface area (Å²) in [6.45, 7) is 4.26. The molecule has 0 aliphatic carbocycles. The average molecular weight is 244 g/mol. The highest BCUT2D eigenvalue weighted by Gasteiger charge is 2.31. The van der Waals surface area contributed by atoms with Crippen molar-refractivity contribution in [3.05, 3.63) is 24.4 Å². The molecule has 0 amide bonds. The maximum absolute atomic E-state index is 3.71. The highest BCUT2D eigenvalue weighted by molar-refractivity contribution is 9.10. The van der Waals surface area contributed by atoms with Crippen molar-refractivity contribution in [1.29, 1.82) is 0 Å². The van der Waals surface area contributed by atoms with Gasteiger partial charge in [-0.3, -0.25) is 4.90 Å². The van der Waals surface area contributed by atoms with Crippen LogP contribution in [0.5, 0.6) is 0 Å². The molecule has 2 aliphatic heterocycles. The van der Waals surface area contributed by atoms with Crippen LogP contribution in [0.3, 0.4) is 0 Å². The van der Waals surface area contributed by atoms with Gasteiger partial charge in [0.05, 0.1) is 0 Å². The molecular formula is C9H14BrN3. The molecule has 2 N–H and O–H groups in total. The summed E-state index contributed by atoms with van der Waals surface area (Å²) in [6.07, 6.45) is 8.17. The predicted octanol–water partition coefficient (Wildman–Crippen LogP) is 0.613. The van der Waals surface area contributed by atoms with Crippen LogP contribution in [-0.4, -0.2) is 35.7 Å².